The maximum absolute atomic E-state index is 13.7. The van der Waals surface area contributed by atoms with E-state index >= 15 is 0 Å². The van der Waals surface area contributed by atoms with Crippen molar-refractivity contribution in [1.82, 2.24) is 19.8 Å². The van der Waals surface area contributed by atoms with Crippen molar-refractivity contribution in [3.8, 4) is 0 Å². The lowest BCUT2D eigenvalue weighted by atomic mass is 9.85. The molecule has 2 rings (SSSR count). The van der Waals surface area contributed by atoms with Gasteiger partial charge in [0.05, 0.1) is 24.3 Å². The van der Waals surface area contributed by atoms with Gasteiger partial charge in [-0.25, -0.2) is 4.21 Å². The van der Waals surface area contributed by atoms with Crippen LogP contribution in [0, 0.1) is 11.3 Å². The summed E-state index contributed by atoms with van der Waals surface area (Å²) in [6.45, 7) is 17.8. The van der Waals surface area contributed by atoms with E-state index in [1.54, 1.807) is 4.31 Å². The summed E-state index contributed by atoms with van der Waals surface area (Å²) in [5, 5.41) is 17.4. The smallest absolute Gasteiger partial charge is 0.243 e. The molecule has 228 valence electrons. The molecule has 10 heteroatoms. The maximum Gasteiger partial charge on any atom is 0.243 e. The van der Waals surface area contributed by atoms with E-state index in [4.69, 9.17) is 4.18 Å². The number of aliphatic hydroxyl groups excluding tert-OH is 1. The summed E-state index contributed by atoms with van der Waals surface area (Å²) < 4.78 is 20.4. The fourth-order valence-electron chi connectivity index (χ4n) is 4.65. The molecule has 0 bridgehead atoms. The molecule has 1 aromatic carbocycles. The monoisotopic (exact) mass is 580 g/mol. The van der Waals surface area contributed by atoms with E-state index in [1.165, 1.54) is 0 Å². The number of hydrogen-bond donors (Lipinski definition) is 3. The Kier molecular flexibility index (Phi) is 13.2. The van der Waals surface area contributed by atoms with Gasteiger partial charge in [0.1, 0.15) is 6.04 Å². The second-order valence-electron chi connectivity index (χ2n) is 13.4. The molecule has 1 aliphatic rings. The third kappa shape index (κ3) is 12.3. The number of carbonyl (C=O) groups is 2. The number of nitrogens with one attached hydrogen (secondary N) is 2. The number of amides is 2. The number of aliphatic hydroxyl groups is 1. The molecule has 0 aromatic heterocycles. The normalized spacial score (nSPS) is 18.0. The van der Waals surface area contributed by atoms with Crippen LogP contribution in [0.5, 0.6) is 0 Å². The van der Waals surface area contributed by atoms with Crippen LogP contribution in [-0.4, -0.2) is 86.8 Å². The third-order valence-corrected chi connectivity index (χ3v) is 7.94. The number of rotatable bonds is 14. The zero-order valence-corrected chi connectivity index (χ0v) is 26.6. The van der Waals surface area contributed by atoms with Gasteiger partial charge in [-0.2, -0.15) is 4.31 Å². The molecule has 40 heavy (non-hydrogen) atoms. The molecule has 1 fully saturated rings. The average Bonchev–Trinajstić information content (AvgIpc) is 3.33. The average molecular weight is 581 g/mol. The van der Waals surface area contributed by atoms with Gasteiger partial charge in [0.15, 0.2) is 0 Å². The van der Waals surface area contributed by atoms with Crippen LogP contribution in [0.1, 0.15) is 73.8 Å². The fraction of sp³-hybridized carbons (Fsp3) is 0.733. The van der Waals surface area contributed by atoms with Crippen LogP contribution in [0.3, 0.4) is 0 Å². The highest BCUT2D eigenvalue weighted by atomic mass is 32.2. The predicted molar refractivity (Wildman–Crippen MR) is 161 cm³/mol. The number of carbonyl (C=O) groups excluding carboxylic acids is 2. The lowest BCUT2D eigenvalue weighted by molar-refractivity contribution is -0.133. The van der Waals surface area contributed by atoms with Gasteiger partial charge in [-0.15, -0.1) is 0 Å². The highest BCUT2D eigenvalue weighted by Gasteiger charge is 2.36. The first-order valence-corrected chi connectivity index (χ1v) is 15.5. The standard InChI is InChI=1S/C30H52N4O5S/c1-22(2)19-34(40(38)39-30(6,7)8)20-25(35)24(18-23-14-10-9-11-15-23)31-28(37)27(29(3,4)5)32-26(36)21-33-16-12-13-17-33/h9-11,14-15,22,24-25,27,35H,12-13,16-21H2,1-8H3,(H,31,37)(H,32,36)/t24-,25+,27+,40?/m0/s1. The number of likely N-dealkylation sites (tertiary alicyclic amines) is 1. The Morgan fingerprint density at radius 2 is 1.62 bits per heavy atom. The third-order valence-electron chi connectivity index (χ3n) is 6.58. The molecule has 1 aromatic rings. The lowest BCUT2D eigenvalue weighted by Gasteiger charge is -2.35. The Bertz CT molecular complexity index is 955. The van der Waals surface area contributed by atoms with Crippen molar-refractivity contribution in [2.45, 2.75) is 98.4 Å². The van der Waals surface area contributed by atoms with E-state index < -0.39 is 40.5 Å². The molecule has 0 spiro atoms. The van der Waals surface area contributed by atoms with Crippen molar-refractivity contribution < 1.29 is 23.1 Å². The van der Waals surface area contributed by atoms with Crippen molar-refractivity contribution in [3.05, 3.63) is 35.9 Å². The molecule has 1 unspecified atom stereocenters. The molecule has 2 amide bonds. The summed E-state index contributed by atoms with van der Waals surface area (Å²) >= 11 is -1.78. The first-order valence-electron chi connectivity index (χ1n) is 14.5. The number of hydrogen-bond acceptors (Lipinski definition) is 6. The van der Waals surface area contributed by atoms with Crippen molar-refractivity contribution >= 4 is 23.1 Å². The summed E-state index contributed by atoms with van der Waals surface area (Å²) in [5.74, 6) is -0.363. The van der Waals surface area contributed by atoms with E-state index in [0.717, 1.165) is 31.5 Å². The van der Waals surface area contributed by atoms with Gasteiger partial charge in [0.2, 0.25) is 23.1 Å². The highest BCUT2D eigenvalue weighted by molar-refractivity contribution is 7.77. The molecule has 0 saturated carbocycles. The largest absolute Gasteiger partial charge is 0.390 e. The lowest BCUT2D eigenvalue weighted by Crippen LogP contribution is -2.59. The molecule has 0 radical (unpaired) electrons. The van der Waals surface area contributed by atoms with Gasteiger partial charge >= 0.3 is 0 Å². The Labute approximate surface area is 244 Å². The van der Waals surface area contributed by atoms with Crippen LogP contribution in [0.15, 0.2) is 30.3 Å². The fourth-order valence-corrected chi connectivity index (χ4v) is 5.88. The predicted octanol–water partition coefficient (Wildman–Crippen LogP) is 3.05. The molecule has 9 nitrogen and oxygen atoms in total. The summed E-state index contributed by atoms with van der Waals surface area (Å²) in [4.78, 5) is 28.7. The first-order chi connectivity index (χ1) is 18.5. The zero-order chi connectivity index (χ0) is 30.1. The van der Waals surface area contributed by atoms with E-state index in [0.29, 0.717) is 13.0 Å². The second-order valence-corrected chi connectivity index (χ2v) is 14.5. The van der Waals surface area contributed by atoms with Crippen LogP contribution >= 0.6 is 0 Å². The van der Waals surface area contributed by atoms with Gasteiger partial charge in [-0.05, 0) is 70.0 Å². The van der Waals surface area contributed by atoms with E-state index in [-0.39, 0.29) is 30.8 Å². The van der Waals surface area contributed by atoms with Crippen LogP contribution in [0.4, 0.5) is 0 Å². The van der Waals surface area contributed by atoms with Crippen molar-refractivity contribution in [2.24, 2.45) is 11.3 Å². The number of nitrogens with zero attached hydrogens (tertiary/aromatic N) is 2. The Balaban J connectivity index is 2.24. The minimum Gasteiger partial charge on any atom is -0.390 e. The van der Waals surface area contributed by atoms with Crippen molar-refractivity contribution in [1.29, 1.82) is 0 Å². The summed E-state index contributed by atoms with van der Waals surface area (Å²) in [6.07, 6.45) is 1.48. The van der Waals surface area contributed by atoms with Crippen molar-refractivity contribution in [2.75, 3.05) is 32.7 Å². The Morgan fingerprint density at radius 1 is 1.02 bits per heavy atom. The van der Waals surface area contributed by atoms with Crippen LogP contribution in [0.25, 0.3) is 0 Å². The van der Waals surface area contributed by atoms with Crippen molar-refractivity contribution in [3.63, 3.8) is 0 Å². The molecule has 4 atom stereocenters. The Hall–Kier alpha value is -1.85. The molecular formula is C30H52N4O5S. The molecule has 1 heterocycles. The van der Waals surface area contributed by atoms with Gasteiger partial charge < -0.3 is 15.7 Å². The van der Waals surface area contributed by atoms with Crippen LogP contribution in [0.2, 0.25) is 0 Å². The summed E-state index contributed by atoms with van der Waals surface area (Å²) in [6, 6.07) is 8.14. The molecule has 0 aliphatic carbocycles. The maximum atomic E-state index is 13.7. The topological polar surface area (TPSA) is 111 Å². The van der Waals surface area contributed by atoms with E-state index in [1.807, 2.05) is 85.7 Å². The van der Waals surface area contributed by atoms with E-state index in [9.17, 15) is 18.9 Å². The minimum atomic E-state index is -1.78. The van der Waals surface area contributed by atoms with E-state index in [2.05, 4.69) is 15.5 Å². The van der Waals surface area contributed by atoms with Crippen LogP contribution in [-0.2, 0) is 31.5 Å². The highest BCUT2D eigenvalue weighted by Crippen LogP contribution is 2.21. The van der Waals surface area contributed by atoms with Gasteiger partial charge in [-0.3, -0.25) is 18.7 Å². The van der Waals surface area contributed by atoms with Gasteiger partial charge in [0, 0.05) is 13.1 Å². The first kappa shape index (κ1) is 34.4. The SMILES string of the molecule is CC(C)CN(C[C@@H](O)[C@H](Cc1ccccc1)NC(=O)[C@@H](NC(=O)CN1CCCC1)C(C)(C)C)S(=O)OC(C)(C)C. The molecule has 1 saturated heterocycles. The second kappa shape index (κ2) is 15.4. The quantitative estimate of drug-likeness (QED) is 0.312. The summed E-state index contributed by atoms with van der Waals surface area (Å²) in [5.41, 5.74) is -0.242. The molecule has 3 N–H and O–H groups in total. The van der Waals surface area contributed by atoms with Crippen LogP contribution < -0.4 is 10.6 Å². The summed E-state index contributed by atoms with van der Waals surface area (Å²) in [7, 11) is 0. The van der Waals surface area contributed by atoms with Gasteiger partial charge in [-0.1, -0.05) is 65.0 Å². The Morgan fingerprint density at radius 3 is 2.15 bits per heavy atom. The minimum absolute atomic E-state index is 0.0418. The molecule has 1 aliphatic heterocycles. The zero-order valence-electron chi connectivity index (χ0n) is 25.7. The molecular weight excluding hydrogens is 528 g/mol. The number of benzene rings is 1. The van der Waals surface area contributed by atoms with Gasteiger partial charge in [0.25, 0.3) is 0 Å².